The van der Waals surface area contributed by atoms with Gasteiger partial charge in [-0.15, -0.1) is 0 Å². The number of hydrogen-bond acceptors (Lipinski definition) is 4. The monoisotopic (exact) mass is 380 g/mol. The van der Waals surface area contributed by atoms with E-state index in [9.17, 15) is 14.9 Å². The second kappa shape index (κ2) is 8.02. The van der Waals surface area contributed by atoms with Gasteiger partial charge in [-0.05, 0) is 23.3 Å². The molecule has 1 unspecified atom stereocenters. The lowest BCUT2D eigenvalue weighted by Gasteiger charge is -2.19. The number of hydrazone groups is 1. The number of anilines is 1. The number of amides is 2. The molecule has 2 amide bonds. The van der Waals surface area contributed by atoms with Crippen molar-refractivity contribution in [2.45, 2.75) is 18.8 Å². The normalized spacial score (nSPS) is 14.9. The summed E-state index contributed by atoms with van der Waals surface area (Å²) in [5.41, 5.74) is 2.31. The number of nitrogens with one attached hydrogen (secondary N) is 1. The molecule has 0 radical (unpaired) electrons. The number of carbonyl (C=O) groups is 2. The van der Waals surface area contributed by atoms with Crippen LogP contribution >= 0.6 is 11.6 Å². The van der Waals surface area contributed by atoms with Crippen molar-refractivity contribution in [1.82, 2.24) is 5.01 Å². The van der Waals surface area contributed by atoms with Gasteiger partial charge in [0.2, 0.25) is 5.91 Å². The number of nitrogens with zero attached hydrogens (tertiary/aromatic N) is 3. The second-order valence-electron chi connectivity index (χ2n) is 6.13. The minimum absolute atomic E-state index is 0.123. The maximum absolute atomic E-state index is 12.4. The molecule has 136 valence electrons. The Morgan fingerprint density at radius 1 is 1.26 bits per heavy atom. The van der Waals surface area contributed by atoms with Gasteiger partial charge in [0.25, 0.3) is 5.91 Å². The SMILES string of the molecule is CN1N=C(C(=O)Nc2ccc(C(C#N)c3ccccc3)c(Cl)c2)CCC1=O. The van der Waals surface area contributed by atoms with E-state index in [-0.39, 0.29) is 23.9 Å². The Morgan fingerprint density at radius 3 is 2.63 bits per heavy atom. The van der Waals surface area contributed by atoms with Crippen LogP contribution in [0.25, 0.3) is 0 Å². The zero-order valence-corrected chi connectivity index (χ0v) is 15.4. The molecule has 0 saturated carbocycles. The fourth-order valence-electron chi connectivity index (χ4n) is 2.84. The maximum atomic E-state index is 12.4. The zero-order valence-electron chi connectivity index (χ0n) is 14.6. The first-order valence-corrected chi connectivity index (χ1v) is 8.77. The summed E-state index contributed by atoms with van der Waals surface area (Å²) in [5.74, 6) is -0.994. The van der Waals surface area contributed by atoms with Crippen LogP contribution in [0.3, 0.4) is 0 Å². The molecule has 1 aliphatic rings. The molecular weight excluding hydrogens is 364 g/mol. The van der Waals surface area contributed by atoms with Gasteiger partial charge >= 0.3 is 0 Å². The lowest BCUT2D eigenvalue weighted by molar-refractivity contribution is -0.130. The Balaban J connectivity index is 1.79. The molecule has 0 saturated heterocycles. The summed E-state index contributed by atoms with van der Waals surface area (Å²) < 4.78 is 0. The molecular formula is C20H17ClN4O2. The smallest absolute Gasteiger partial charge is 0.271 e. The van der Waals surface area contributed by atoms with Crippen LogP contribution in [-0.2, 0) is 9.59 Å². The highest BCUT2D eigenvalue weighted by Gasteiger charge is 2.22. The first-order chi connectivity index (χ1) is 13.0. The van der Waals surface area contributed by atoms with Gasteiger partial charge < -0.3 is 5.32 Å². The molecule has 0 spiro atoms. The van der Waals surface area contributed by atoms with E-state index in [2.05, 4.69) is 16.5 Å². The molecule has 1 heterocycles. The van der Waals surface area contributed by atoms with Crippen LogP contribution < -0.4 is 5.32 Å². The zero-order chi connectivity index (χ0) is 19.4. The van der Waals surface area contributed by atoms with E-state index in [1.807, 2.05) is 30.3 Å². The lowest BCUT2D eigenvalue weighted by atomic mass is 9.92. The van der Waals surface area contributed by atoms with Crippen LogP contribution in [0.1, 0.15) is 29.9 Å². The van der Waals surface area contributed by atoms with Crippen molar-refractivity contribution in [3.63, 3.8) is 0 Å². The van der Waals surface area contributed by atoms with Gasteiger partial charge in [-0.2, -0.15) is 10.4 Å². The molecule has 0 aromatic heterocycles. The molecule has 7 heteroatoms. The van der Waals surface area contributed by atoms with Crippen LogP contribution in [0, 0.1) is 11.3 Å². The minimum atomic E-state index is -0.495. The van der Waals surface area contributed by atoms with Crippen LogP contribution in [0.2, 0.25) is 5.02 Å². The molecule has 0 aliphatic carbocycles. The summed E-state index contributed by atoms with van der Waals surface area (Å²) in [6, 6.07) is 16.7. The van der Waals surface area contributed by atoms with E-state index < -0.39 is 5.92 Å². The average molecular weight is 381 g/mol. The number of halogens is 1. The third kappa shape index (κ3) is 4.15. The number of hydrogen-bond donors (Lipinski definition) is 1. The predicted molar refractivity (Wildman–Crippen MR) is 103 cm³/mol. The Kier molecular flexibility index (Phi) is 5.53. The maximum Gasteiger partial charge on any atom is 0.271 e. The number of rotatable bonds is 4. The highest BCUT2D eigenvalue weighted by atomic mass is 35.5. The summed E-state index contributed by atoms with van der Waals surface area (Å²) in [5, 5.41) is 17.9. The first-order valence-electron chi connectivity index (χ1n) is 8.39. The molecule has 0 fully saturated rings. The van der Waals surface area contributed by atoms with Crippen molar-refractivity contribution in [2.75, 3.05) is 12.4 Å². The molecule has 1 N–H and O–H groups in total. The molecule has 1 aliphatic heterocycles. The summed E-state index contributed by atoms with van der Waals surface area (Å²) in [6.45, 7) is 0. The highest BCUT2D eigenvalue weighted by molar-refractivity contribution is 6.43. The van der Waals surface area contributed by atoms with Gasteiger partial charge in [-0.25, -0.2) is 5.01 Å². The summed E-state index contributed by atoms with van der Waals surface area (Å²) in [6.07, 6.45) is 0.550. The third-order valence-corrected chi connectivity index (χ3v) is 4.63. The first kappa shape index (κ1) is 18.6. The van der Waals surface area contributed by atoms with Crippen LogP contribution in [0.5, 0.6) is 0 Å². The fraction of sp³-hybridized carbons (Fsp3) is 0.200. The van der Waals surface area contributed by atoms with Gasteiger partial charge in [0.1, 0.15) is 5.71 Å². The Morgan fingerprint density at radius 2 is 2.00 bits per heavy atom. The number of nitriles is 1. The van der Waals surface area contributed by atoms with Gasteiger partial charge in [-0.1, -0.05) is 48.0 Å². The molecule has 27 heavy (non-hydrogen) atoms. The van der Waals surface area contributed by atoms with E-state index >= 15 is 0 Å². The molecule has 3 rings (SSSR count). The highest BCUT2D eigenvalue weighted by Crippen LogP contribution is 2.31. The van der Waals surface area contributed by atoms with E-state index in [4.69, 9.17) is 11.6 Å². The summed E-state index contributed by atoms with van der Waals surface area (Å²) in [4.78, 5) is 23.8. The second-order valence-corrected chi connectivity index (χ2v) is 6.53. The van der Waals surface area contributed by atoms with Crippen LogP contribution in [0.15, 0.2) is 53.6 Å². The van der Waals surface area contributed by atoms with E-state index in [1.54, 1.807) is 18.2 Å². The molecule has 2 aromatic carbocycles. The Labute approximate surface area is 162 Å². The topological polar surface area (TPSA) is 85.6 Å². The standard InChI is InChI=1S/C20H17ClN4O2/c1-25-19(26)10-9-18(24-25)20(27)23-14-7-8-15(17(21)11-14)16(12-22)13-5-3-2-4-6-13/h2-8,11,16H,9-10H2,1H3,(H,23,27). The van der Waals surface area contributed by atoms with Gasteiger partial charge in [0.05, 0.1) is 12.0 Å². The van der Waals surface area contributed by atoms with E-state index in [0.717, 1.165) is 5.56 Å². The van der Waals surface area contributed by atoms with Crippen molar-refractivity contribution in [3.05, 3.63) is 64.7 Å². The third-order valence-electron chi connectivity index (χ3n) is 4.30. The van der Waals surface area contributed by atoms with Crippen molar-refractivity contribution >= 4 is 34.8 Å². The summed E-state index contributed by atoms with van der Waals surface area (Å²) >= 11 is 6.38. The number of benzene rings is 2. The van der Waals surface area contributed by atoms with Crippen molar-refractivity contribution in [2.24, 2.45) is 5.10 Å². The Hall–Kier alpha value is -3.17. The van der Waals surface area contributed by atoms with Crippen molar-refractivity contribution < 1.29 is 9.59 Å². The predicted octanol–water partition coefficient (Wildman–Crippen LogP) is 3.54. The van der Waals surface area contributed by atoms with Crippen molar-refractivity contribution in [3.8, 4) is 6.07 Å². The van der Waals surface area contributed by atoms with Crippen LogP contribution in [-0.4, -0.2) is 29.6 Å². The largest absolute Gasteiger partial charge is 0.321 e. The molecule has 0 bridgehead atoms. The van der Waals surface area contributed by atoms with E-state index in [1.165, 1.54) is 12.1 Å². The van der Waals surface area contributed by atoms with Crippen molar-refractivity contribution in [1.29, 1.82) is 5.26 Å². The lowest BCUT2D eigenvalue weighted by Crippen LogP contribution is -2.34. The van der Waals surface area contributed by atoms with Gasteiger partial charge in [0, 0.05) is 30.6 Å². The van der Waals surface area contributed by atoms with Crippen LogP contribution in [0.4, 0.5) is 5.69 Å². The number of carbonyl (C=O) groups excluding carboxylic acids is 2. The molecule has 2 aromatic rings. The van der Waals surface area contributed by atoms with E-state index in [0.29, 0.717) is 22.7 Å². The summed E-state index contributed by atoms with van der Waals surface area (Å²) in [7, 11) is 1.52. The molecule has 6 nitrogen and oxygen atoms in total. The average Bonchev–Trinajstić information content (AvgIpc) is 2.67. The Bertz CT molecular complexity index is 950. The molecule has 1 atom stereocenters. The van der Waals surface area contributed by atoms with Gasteiger partial charge in [0.15, 0.2) is 0 Å². The van der Waals surface area contributed by atoms with Gasteiger partial charge in [-0.3, -0.25) is 9.59 Å². The minimum Gasteiger partial charge on any atom is -0.321 e. The fourth-order valence-corrected chi connectivity index (χ4v) is 3.13. The quantitative estimate of drug-likeness (QED) is 0.880.